The van der Waals surface area contributed by atoms with Crippen molar-refractivity contribution in [3.05, 3.63) is 29.6 Å². The molecule has 0 radical (unpaired) electrons. The van der Waals surface area contributed by atoms with Gasteiger partial charge in [0.25, 0.3) is 0 Å². The summed E-state index contributed by atoms with van der Waals surface area (Å²) in [5.41, 5.74) is 6.37. The second-order valence-corrected chi connectivity index (χ2v) is 4.37. The van der Waals surface area contributed by atoms with Gasteiger partial charge in [-0.15, -0.1) is 0 Å². The first-order valence-corrected chi connectivity index (χ1v) is 5.91. The molecule has 1 saturated carbocycles. The fourth-order valence-electron chi connectivity index (χ4n) is 1.93. The molecule has 0 bridgehead atoms. The van der Waals surface area contributed by atoms with Crippen molar-refractivity contribution >= 4 is 0 Å². The molecule has 1 fully saturated rings. The second-order valence-electron chi connectivity index (χ2n) is 4.37. The van der Waals surface area contributed by atoms with Gasteiger partial charge in [0, 0.05) is 0 Å². The number of para-hydroxylation sites is 1. The molecule has 0 amide bonds. The fraction of sp³-hybridized carbons (Fsp3) is 0.538. The lowest BCUT2D eigenvalue weighted by Crippen LogP contribution is -2.20. The van der Waals surface area contributed by atoms with Crippen LogP contribution in [0.15, 0.2) is 18.2 Å². The van der Waals surface area contributed by atoms with Crippen LogP contribution in [0.3, 0.4) is 0 Å². The molecule has 1 aromatic rings. The number of nitrogens with two attached hydrogens (primary N) is 1. The van der Waals surface area contributed by atoms with Gasteiger partial charge in [-0.25, -0.2) is 4.39 Å². The Morgan fingerprint density at radius 2 is 2.19 bits per heavy atom. The van der Waals surface area contributed by atoms with Gasteiger partial charge >= 0.3 is 0 Å². The lowest BCUT2D eigenvalue weighted by molar-refractivity contribution is 0.174. The normalized spacial score (nSPS) is 15.9. The van der Waals surface area contributed by atoms with E-state index in [2.05, 4.69) is 0 Å². The molecule has 0 aromatic heterocycles. The van der Waals surface area contributed by atoms with E-state index in [0.717, 1.165) is 5.56 Å². The van der Waals surface area contributed by atoms with Crippen molar-refractivity contribution in [2.24, 2.45) is 11.7 Å². The SMILES string of the molecule is NCCc1cccc(F)c1OCC1CCC1. The number of ether oxygens (including phenoxy) is 1. The first kappa shape index (κ1) is 11.4. The van der Waals surface area contributed by atoms with Gasteiger partial charge in [-0.2, -0.15) is 0 Å². The molecule has 1 aliphatic rings. The van der Waals surface area contributed by atoms with Crippen molar-refractivity contribution in [2.75, 3.05) is 13.2 Å². The summed E-state index contributed by atoms with van der Waals surface area (Å²) in [6.45, 7) is 1.15. The van der Waals surface area contributed by atoms with Crippen molar-refractivity contribution in [3.8, 4) is 5.75 Å². The van der Waals surface area contributed by atoms with E-state index >= 15 is 0 Å². The summed E-state index contributed by atoms with van der Waals surface area (Å²) in [5.74, 6) is 0.746. The average Bonchev–Trinajstić information content (AvgIpc) is 2.20. The standard InChI is InChI=1S/C13H18FNO/c14-12-6-2-5-11(7-8-15)13(12)16-9-10-3-1-4-10/h2,5-6,10H,1,3-4,7-9,15H2. The number of hydrogen-bond acceptors (Lipinski definition) is 2. The summed E-state index contributed by atoms with van der Waals surface area (Å²) in [6.07, 6.45) is 4.36. The highest BCUT2D eigenvalue weighted by Gasteiger charge is 2.19. The minimum Gasteiger partial charge on any atom is -0.490 e. The van der Waals surface area contributed by atoms with Crippen LogP contribution in [-0.4, -0.2) is 13.2 Å². The molecule has 0 heterocycles. The van der Waals surface area contributed by atoms with Gasteiger partial charge in [0.1, 0.15) is 0 Å². The van der Waals surface area contributed by atoms with Crippen LogP contribution in [-0.2, 0) is 6.42 Å². The Balaban J connectivity index is 2.03. The highest BCUT2D eigenvalue weighted by Crippen LogP contribution is 2.29. The molecule has 0 spiro atoms. The summed E-state index contributed by atoms with van der Waals surface area (Å²) >= 11 is 0. The Hall–Kier alpha value is -1.09. The van der Waals surface area contributed by atoms with Crippen molar-refractivity contribution < 1.29 is 9.13 Å². The number of hydrogen-bond donors (Lipinski definition) is 1. The predicted octanol–water partition coefficient (Wildman–Crippen LogP) is 2.51. The zero-order chi connectivity index (χ0) is 11.4. The molecule has 0 aliphatic heterocycles. The molecule has 2 nitrogen and oxygen atoms in total. The Bertz CT molecular complexity index is 350. The minimum absolute atomic E-state index is 0.273. The van der Waals surface area contributed by atoms with Gasteiger partial charge < -0.3 is 10.5 Å². The molecule has 0 saturated heterocycles. The maximum atomic E-state index is 13.6. The lowest BCUT2D eigenvalue weighted by Gasteiger charge is -2.25. The molecule has 0 unspecified atom stereocenters. The van der Waals surface area contributed by atoms with E-state index < -0.39 is 0 Å². The molecular weight excluding hydrogens is 205 g/mol. The summed E-state index contributed by atoms with van der Waals surface area (Å²) in [4.78, 5) is 0. The monoisotopic (exact) mass is 223 g/mol. The zero-order valence-electron chi connectivity index (χ0n) is 9.42. The number of benzene rings is 1. The summed E-state index contributed by atoms with van der Waals surface area (Å²) in [5, 5.41) is 0. The van der Waals surface area contributed by atoms with E-state index in [1.165, 1.54) is 25.3 Å². The molecule has 0 atom stereocenters. The Morgan fingerprint density at radius 1 is 1.38 bits per heavy atom. The highest BCUT2D eigenvalue weighted by atomic mass is 19.1. The molecule has 2 rings (SSSR count). The van der Waals surface area contributed by atoms with Crippen molar-refractivity contribution in [1.29, 1.82) is 0 Å². The van der Waals surface area contributed by atoms with Crippen LogP contribution in [0, 0.1) is 11.7 Å². The smallest absolute Gasteiger partial charge is 0.165 e. The highest BCUT2D eigenvalue weighted by molar-refractivity contribution is 5.35. The second kappa shape index (κ2) is 5.30. The Kier molecular flexibility index (Phi) is 3.78. The quantitative estimate of drug-likeness (QED) is 0.832. The number of rotatable bonds is 5. The average molecular weight is 223 g/mol. The summed E-state index contributed by atoms with van der Waals surface area (Å²) in [6, 6.07) is 5.03. The fourth-order valence-corrected chi connectivity index (χ4v) is 1.93. The van der Waals surface area contributed by atoms with Gasteiger partial charge in [0.2, 0.25) is 0 Å². The van der Waals surface area contributed by atoms with Crippen molar-refractivity contribution in [1.82, 2.24) is 0 Å². The maximum Gasteiger partial charge on any atom is 0.165 e. The lowest BCUT2D eigenvalue weighted by atomic mass is 9.86. The van der Waals surface area contributed by atoms with Gasteiger partial charge in [-0.05, 0) is 43.4 Å². The topological polar surface area (TPSA) is 35.2 Å². The van der Waals surface area contributed by atoms with E-state index in [1.54, 1.807) is 6.07 Å². The third kappa shape index (κ3) is 2.53. The van der Waals surface area contributed by atoms with Gasteiger partial charge in [0.15, 0.2) is 11.6 Å². The third-order valence-corrected chi connectivity index (χ3v) is 3.15. The predicted molar refractivity (Wildman–Crippen MR) is 62.0 cm³/mol. The van der Waals surface area contributed by atoms with Crippen LogP contribution in [0.4, 0.5) is 4.39 Å². The minimum atomic E-state index is -0.273. The molecular formula is C13H18FNO. The number of halogens is 1. The molecule has 88 valence electrons. The van der Waals surface area contributed by atoms with Crippen LogP contribution in [0.2, 0.25) is 0 Å². The first-order valence-electron chi connectivity index (χ1n) is 5.91. The van der Waals surface area contributed by atoms with Crippen LogP contribution < -0.4 is 10.5 Å². The van der Waals surface area contributed by atoms with E-state index in [-0.39, 0.29) is 5.82 Å². The Labute approximate surface area is 95.6 Å². The molecule has 1 aromatic carbocycles. The van der Waals surface area contributed by atoms with Crippen molar-refractivity contribution in [2.45, 2.75) is 25.7 Å². The molecule has 2 N–H and O–H groups in total. The third-order valence-electron chi connectivity index (χ3n) is 3.15. The maximum absolute atomic E-state index is 13.6. The van der Waals surface area contributed by atoms with Crippen LogP contribution in [0.5, 0.6) is 5.75 Å². The van der Waals surface area contributed by atoms with Gasteiger partial charge in [0.05, 0.1) is 6.61 Å². The van der Waals surface area contributed by atoms with E-state index in [1.807, 2.05) is 6.07 Å². The molecule has 16 heavy (non-hydrogen) atoms. The van der Waals surface area contributed by atoms with Crippen LogP contribution in [0.25, 0.3) is 0 Å². The van der Waals surface area contributed by atoms with Crippen molar-refractivity contribution in [3.63, 3.8) is 0 Å². The largest absolute Gasteiger partial charge is 0.490 e. The van der Waals surface area contributed by atoms with Crippen LogP contribution in [0.1, 0.15) is 24.8 Å². The zero-order valence-corrected chi connectivity index (χ0v) is 9.42. The first-order chi connectivity index (χ1) is 7.81. The van der Waals surface area contributed by atoms with E-state index in [0.29, 0.717) is 31.2 Å². The van der Waals surface area contributed by atoms with E-state index in [4.69, 9.17) is 10.5 Å². The summed E-state index contributed by atoms with van der Waals surface area (Å²) < 4.78 is 19.2. The molecule has 1 aliphatic carbocycles. The Morgan fingerprint density at radius 3 is 2.81 bits per heavy atom. The molecule has 3 heteroatoms. The van der Waals surface area contributed by atoms with Gasteiger partial charge in [-0.1, -0.05) is 18.6 Å². The summed E-state index contributed by atoms with van der Waals surface area (Å²) in [7, 11) is 0. The van der Waals surface area contributed by atoms with E-state index in [9.17, 15) is 4.39 Å². The van der Waals surface area contributed by atoms with Crippen LogP contribution >= 0.6 is 0 Å². The van der Waals surface area contributed by atoms with Gasteiger partial charge in [-0.3, -0.25) is 0 Å².